The molecule has 5 nitrogen and oxygen atoms in total. The van der Waals surface area contributed by atoms with E-state index in [0.29, 0.717) is 30.8 Å². The molecular weight excluding hydrogens is 416 g/mol. The Hall–Kier alpha value is -1.70. The third kappa shape index (κ3) is 3.72. The van der Waals surface area contributed by atoms with Gasteiger partial charge in [0.25, 0.3) is 0 Å². The van der Waals surface area contributed by atoms with E-state index in [1.165, 1.54) is 10.4 Å². The van der Waals surface area contributed by atoms with Crippen LogP contribution in [-0.2, 0) is 21.2 Å². The van der Waals surface area contributed by atoms with Crippen molar-refractivity contribution in [3.8, 4) is 0 Å². The van der Waals surface area contributed by atoms with Crippen molar-refractivity contribution in [2.24, 2.45) is 5.92 Å². The van der Waals surface area contributed by atoms with Crippen molar-refractivity contribution < 1.29 is 13.2 Å². The van der Waals surface area contributed by atoms with E-state index in [1.54, 1.807) is 15.6 Å². The van der Waals surface area contributed by atoms with E-state index in [2.05, 4.69) is 18.4 Å². The monoisotopic (exact) mass is 446 g/mol. The minimum atomic E-state index is -3.55. The van der Waals surface area contributed by atoms with Gasteiger partial charge in [0.1, 0.15) is 0 Å². The van der Waals surface area contributed by atoms with Gasteiger partial charge >= 0.3 is 0 Å². The lowest BCUT2D eigenvalue weighted by molar-refractivity contribution is -0.139. The van der Waals surface area contributed by atoms with Crippen molar-refractivity contribution in [2.75, 3.05) is 19.6 Å². The van der Waals surface area contributed by atoms with Crippen LogP contribution in [-0.4, -0.2) is 43.2 Å². The summed E-state index contributed by atoms with van der Waals surface area (Å²) in [6.07, 6.45) is 2.09. The fourth-order valence-electron chi connectivity index (χ4n) is 5.09. The second kappa shape index (κ2) is 8.09. The highest BCUT2D eigenvalue weighted by Gasteiger charge is 2.37. The molecule has 7 heteroatoms. The Labute approximate surface area is 183 Å². The van der Waals surface area contributed by atoms with Gasteiger partial charge in [0.2, 0.25) is 15.9 Å². The second-order valence-corrected chi connectivity index (χ2v) is 11.5. The summed E-state index contributed by atoms with van der Waals surface area (Å²) in [5, 5.41) is 2.10. The molecule has 4 rings (SSSR count). The van der Waals surface area contributed by atoms with Gasteiger partial charge in [-0.05, 0) is 75.1 Å². The third-order valence-electron chi connectivity index (χ3n) is 6.57. The Morgan fingerprint density at radius 3 is 2.33 bits per heavy atom. The molecule has 1 fully saturated rings. The van der Waals surface area contributed by atoms with Crippen LogP contribution in [0.3, 0.4) is 0 Å². The number of hydrogen-bond acceptors (Lipinski definition) is 4. The van der Waals surface area contributed by atoms with Crippen molar-refractivity contribution in [3.63, 3.8) is 0 Å². The molecule has 2 aliphatic heterocycles. The van der Waals surface area contributed by atoms with Gasteiger partial charge in [-0.15, -0.1) is 11.3 Å². The highest BCUT2D eigenvalue weighted by molar-refractivity contribution is 7.89. The Bertz CT molecular complexity index is 1040. The normalized spacial score (nSPS) is 20.9. The molecule has 0 unspecified atom stereocenters. The minimum Gasteiger partial charge on any atom is -0.335 e. The zero-order chi connectivity index (χ0) is 21.6. The highest BCUT2D eigenvalue weighted by Crippen LogP contribution is 2.35. The van der Waals surface area contributed by atoms with Crippen LogP contribution in [0.2, 0.25) is 0 Å². The first-order valence-electron chi connectivity index (χ1n) is 10.6. The lowest BCUT2D eigenvalue weighted by Gasteiger charge is -2.38. The molecule has 1 atom stereocenters. The van der Waals surface area contributed by atoms with Crippen LogP contribution in [0.15, 0.2) is 28.5 Å². The molecule has 1 saturated heterocycles. The van der Waals surface area contributed by atoms with Gasteiger partial charge in [-0.1, -0.05) is 17.7 Å². The number of sulfonamides is 1. The fourth-order valence-corrected chi connectivity index (χ4v) is 7.94. The minimum absolute atomic E-state index is 0.0979. The first kappa shape index (κ1) is 21.5. The number of fused-ring (bicyclic) bond motifs is 1. The van der Waals surface area contributed by atoms with Crippen molar-refractivity contribution in [2.45, 2.75) is 57.9 Å². The van der Waals surface area contributed by atoms with E-state index in [-0.39, 0.29) is 17.9 Å². The molecule has 0 aliphatic carbocycles. The summed E-state index contributed by atoms with van der Waals surface area (Å²) in [6, 6.07) is 6.08. The summed E-state index contributed by atoms with van der Waals surface area (Å²) in [7, 11) is -3.55. The molecule has 3 heterocycles. The van der Waals surface area contributed by atoms with Crippen LogP contribution < -0.4 is 0 Å². The van der Waals surface area contributed by atoms with Gasteiger partial charge in [-0.25, -0.2) is 8.42 Å². The molecule has 2 aliphatic rings. The van der Waals surface area contributed by atoms with Crippen LogP contribution in [0.5, 0.6) is 0 Å². The number of amides is 1. The predicted octanol–water partition coefficient (Wildman–Crippen LogP) is 4.22. The highest BCUT2D eigenvalue weighted by atomic mass is 32.2. The largest absolute Gasteiger partial charge is 0.335 e. The number of piperidine rings is 1. The number of benzene rings is 1. The average Bonchev–Trinajstić information content (AvgIpc) is 3.16. The average molecular weight is 447 g/mol. The Morgan fingerprint density at radius 1 is 1.07 bits per heavy atom. The number of aryl methyl sites for hydroxylation is 3. The number of rotatable bonds is 3. The van der Waals surface area contributed by atoms with E-state index < -0.39 is 10.0 Å². The van der Waals surface area contributed by atoms with Gasteiger partial charge < -0.3 is 4.90 Å². The molecule has 0 N–H and O–H groups in total. The number of carbonyl (C=O) groups excluding carboxylic acids is 1. The van der Waals surface area contributed by atoms with E-state index in [9.17, 15) is 13.2 Å². The number of carbonyl (C=O) groups is 1. The summed E-state index contributed by atoms with van der Waals surface area (Å²) in [5.41, 5.74) is 3.92. The Kier molecular flexibility index (Phi) is 5.81. The van der Waals surface area contributed by atoms with Gasteiger partial charge in [0.05, 0.1) is 10.9 Å². The van der Waals surface area contributed by atoms with Gasteiger partial charge in [-0.3, -0.25) is 4.79 Å². The number of nitrogens with zero attached hydrogens (tertiary/aromatic N) is 2. The summed E-state index contributed by atoms with van der Waals surface area (Å²) in [5.74, 6) is 0.0818. The van der Waals surface area contributed by atoms with E-state index in [0.717, 1.165) is 29.7 Å². The third-order valence-corrected chi connectivity index (χ3v) is 9.77. The Morgan fingerprint density at radius 2 is 1.70 bits per heavy atom. The quantitative estimate of drug-likeness (QED) is 0.709. The van der Waals surface area contributed by atoms with Crippen LogP contribution in [0.1, 0.15) is 52.9 Å². The summed E-state index contributed by atoms with van der Waals surface area (Å²) >= 11 is 1.77. The molecular formula is C23H30N2O3S2. The maximum atomic E-state index is 13.3. The zero-order valence-electron chi connectivity index (χ0n) is 18.1. The molecule has 2 aromatic rings. The first-order chi connectivity index (χ1) is 14.2. The molecule has 0 saturated carbocycles. The molecule has 1 aromatic heterocycles. The first-order valence-corrected chi connectivity index (χ1v) is 13.0. The number of thiophene rings is 1. The number of hydrogen-bond donors (Lipinski definition) is 0. The van der Waals surface area contributed by atoms with Crippen molar-refractivity contribution in [1.82, 2.24) is 9.21 Å². The van der Waals surface area contributed by atoms with Crippen LogP contribution in [0.25, 0.3) is 0 Å². The summed E-state index contributed by atoms with van der Waals surface area (Å²) in [6.45, 7) is 9.36. The van der Waals surface area contributed by atoms with Gasteiger partial charge in [0.15, 0.2) is 0 Å². The van der Waals surface area contributed by atoms with E-state index >= 15 is 0 Å². The van der Waals surface area contributed by atoms with Crippen molar-refractivity contribution in [3.05, 3.63) is 50.7 Å². The molecule has 162 valence electrons. The molecule has 0 radical (unpaired) electrons. The zero-order valence-corrected chi connectivity index (χ0v) is 19.8. The SMILES string of the molecule is Cc1cc(C)c(S(=O)(=O)N2CCC(C(=O)N3CCc4sccc4[C@H]3C)CC2)c(C)c1. The van der Waals surface area contributed by atoms with Crippen LogP contribution >= 0.6 is 11.3 Å². The summed E-state index contributed by atoms with van der Waals surface area (Å²) < 4.78 is 28.2. The standard InChI is InChI=1S/C23H30N2O3S2/c1-15-13-16(2)22(17(3)14-15)30(27,28)24-9-5-19(6-10-24)23(26)25-11-7-21-20(18(25)4)8-12-29-21/h8,12-14,18-19H,5-7,9-11H2,1-4H3/t18-/m1/s1. The molecule has 30 heavy (non-hydrogen) atoms. The molecule has 1 amide bonds. The summed E-state index contributed by atoms with van der Waals surface area (Å²) in [4.78, 5) is 17.0. The van der Waals surface area contributed by atoms with E-state index in [4.69, 9.17) is 0 Å². The fraction of sp³-hybridized carbons (Fsp3) is 0.522. The maximum absolute atomic E-state index is 13.3. The molecule has 1 aromatic carbocycles. The smallest absolute Gasteiger partial charge is 0.243 e. The second-order valence-electron chi connectivity index (χ2n) is 8.66. The molecule has 0 spiro atoms. The predicted molar refractivity (Wildman–Crippen MR) is 120 cm³/mol. The van der Waals surface area contributed by atoms with Gasteiger partial charge in [-0.2, -0.15) is 4.31 Å². The lowest BCUT2D eigenvalue weighted by Crippen LogP contribution is -2.46. The van der Waals surface area contributed by atoms with E-state index in [1.807, 2.05) is 37.8 Å². The Balaban J connectivity index is 1.46. The van der Waals surface area contributed by atoms with Crippen LogP contribution in [0, 0.1) is 26.7 Å². The van der Waals surface area contributed by atoms with Crippen LogP contribution in [0.4, 0.5) is 0 Å². The topological polar surface area (TPSA) is 57.7 Å². The van der Waals surface area contributed by atoms with Gasteiger partial charge in [0, 0.05) is 30.4 Å². The van der Waals surface area contributed by atoms with Crippen molar-refractivity contribution >= 4 is 27.3 Å². The molecule has 0 bridgehead atoms. The maximum Gasteiger partial charge on any atom is 0.243 e. The lowest BCUT2D eigenvalue weighted by atomic mass is 9.93. The van der Waals surface area contributed by atoms with Crippen molar-refractivity contribution in [1.29, 1.82) is 0 Å².